The number of benzene rings is 1. The van der Waals surface area contributed by atoms with Crippen molar-refractivity contribution in [2.45, 2.75) is 20.0 Å². The van der Waals surface area contributed by atoms with Crippen LogP contribution in [0.4, 0.5) is 5.88 Å². The summed E-state index contributed by atoms with van der Waals surface area (Å²) in [6.07, 6.45) is 0.0843. The van der Waals surface area contributed by atoms with Crippen LogP contribution in [-0.4, -0.2) is 11.3 Å². The Kier molecular flexibility index (Phi) is 3.24. The van der Waals surface area contributed by atoms with Gasteiger partial charge in [0.2, 0.25) is 5.88 Å². The fraction of sp³-hybridized carbons (Fsp3) is 0.250. The molecule has 0 fully saturated rings. The minimum atomic E-state index is 0.0843. The van der Waals surface area contributed by atoms with Crippen molar-refractivity contribution < 1.29 is 9.26 Å². The molecule has 0 saturated carbocycles. The van der Waals surface area contributed by atoms with E-state index in [1.807, 2.05) is 26.0 Å². The fourth-order valence-electron chi connectivity index (χ4n) is 1.44. The molecule has 0 radical (unpaired) electrons. The summed E-state index contributed by atoms with van der Waals surface area (Å²) < 4.78 is 10.3. The second-order valence-corrected chi connectivity index (χ2v) is 4.33. The molecule has 0 unspecified atom stereocenters. The number of nitrogen functional groups attached to an aromatic ring is 1. The Bertz CT molecular complexity index is 523. The Balaban J connectivity index is 2.30. The predicted octanol–water partition coefficient (Wildman–Crippen LogP) is 3.36. The molecule has 1 heterocycles. The van der Waals surface area contributed by atoms with Gasteiger partial charge in [-0.15, -0.1) is 0 Å². The number of rotatable bonds is 3. The monoisotopic (exact) mass is 252 g/mol. The Morgan fingerprint density at radius 2 is 2.12 bits per heavy atom. The van der Waals surface area contributed by atoms with Crippen LogP contribution in [0.25, 0.3) is 11.3 Å². The van der Waals surface area contributed by atoms with Crippen molar-refractivity contribution in [3.05, 3.63) is 29.3 Å². The molecule has 90 valence electrons. The molecule has 0 bridgehead atoms. The number of hydrogen-bond acceptors (Lipinski definition) is 4. The second-order valence-electron chi connectivity index (χ2n) is 3.93. The number of ether oxygens (including phenoxy) is 1. The quantitative estimate of drug-likeness (QED) is 0.910. The summed E-state index contributed by atoms with van der Waals surface area (Å²) in [6, 6.07) is 7.09. The van der Waals surface area contributed by atoms with E-state index in [4.69, 9.17) is 26.6 Å². The van der Waals surface area contributed by atoms with Gasteiger partial charge in [-0.25, -0.2) is 0 Å². The van der Waals surface area contributed by atoms with E-state index in [-0.39, 0.29) is 12.0 Å². The van der Waals surface area contributed by atoms with Crippen molar-refractivity contribution in [1.82, 2.24) is 5.16 Å². The number of hydrogen-bond donors (Lipinski definition) is 1. The van der Waals surface area contributed by atoms with Gasteiger partial charge in [-0.05, 0) is 32.0 Å². The van der Waals surface area contributed by atoms with Gasteiger partial charge in [0.25, 0.3) is 0 Å². The Morgan fingerprint density at radius 1 is 1.35 bits per heavy atom. The lowest BCUT2D eigenvalue weighted by Crippen LogP contribution is -2.05. The van der Waals surface area contributed by atoms with E-state index < -0.39 is 0 Å². The van der Waals surface area contributed by atoms with Gasteiger partial charge in [-0.3, -0.25) is 0 Å². The topological polar surface area (TPSA) is 61.3 Å². The summed E-state index contributed by atoms with van der Waals surface area (Å²) in [5.41, 5.74) is 6.96. The number of nitrogens with zero attached hydrogens (tertiary/aromatic N) is 1. The molecule has 2 rings (SSSR count). The highest BCUT2D eigenvalue weighted by Crippen LogP contribution is 2.31. The van der Waals surface area contributed by atoms with E-state index >= 15 is 0 Å². The Labute approximate surface area is 104 Å². The standard InChI is InChI=1S/C12H13ClN2O2/c1-7(2)16-11-4-3-8(5-9(11)13)10-6-12(14)17-15-10/h3-7H,14H2,1-2H3. The van der Waals surface area contributed by atoms with Crippen LogP contribution >= 0.6 is 11.6 Å². The smallest absolute Gasteiger partial charge is 0.222 e. The van der Waals surface area contributed by atoms with Gasteiger partial charge < -0.3 is 15.0 Å². The zero-order chi connectivity index (χ0) is 12.4. The van der Waals surface area contributed by atoms with Crippen LogP contribution in [0, 0.1) is 0 Å². The van der Waals surface area contributed by atoms with E-state index in [1.54, 1.807) is 12.1 Å². The molecule has 0 aliphatic rings. The number of anilines is 1. The average Bonchev–Trinajstić information content (AvgIpc) is 2.67. The first-order valence-corrected chi connectivity index (χ1v) is 5.63. The molecular weight excluding hydrogens is 240 g/mol. The summed E-state index contributed by atoms with van der Waals surface area (Å²) in [7, 11) is 0. The molecule has 0 aliphatic carbocycles. The largest absolute Gasteiger partial charge is 0.489 e. The van der Waals surface area contributed by atoms with E-state index in [0.29, 0.717) is 16.5 Å². The van der Waals surface area contributed by atoms with Crippen LogP contribution in [0.1, 0.15) is 13.8 Å². The molecule has 1 aromatic heterocycles. The van der Waals surface area contributed by atoms with Gasteiger partial charge in [0.1, 0.15) is 11.4 Å². The van der Waals surface area contributed by atoms with Crippen LogP contribution in [0.3, 0.4) is 0 Å². The normalized spacial score (nSPS) is 10.8. The molecule has 5 heteroatoms. The van der Waals surface area contributed by atoms with Gasteiger partial charge >= 0.3 is 0 Å². The SMILES string of the molecule is CC(C)Oc1ccc(-c2cc(N)on2)cc1Cl. The van der Waals surface area contributed by atoms with Crippen LogP contribution in [0.5, 0.6) is 5.75 Å². The minimum Gasteiger partial charge on any atom is -0.489 e. The minimum absolute atomic E-state index is 0.0843. The third kappa shape index (κ3) is 2.71. The lowest BCUT2D eigenvalue weighted by atomic mass is 10.1. The first-order chi connectivity index (χ1) is 8.06. The third-order valence-corrected chi connectivity index (χ3v) is 2.41. The molecule has 2 aromatic rings. The van der Waals surface area contributed by atoms with Crippen molar-refractivity contribution in [1.29, 1.82) is 0 Å². The maximum atomic E-state index is 6.12. The average molecular weight is 253 g/mol. The predicted molar refractivity (Wildman–Crippen MR) is 67.1 cm³/mol. The summed E-state index contributed by atoms with van der Waals surface area (Å²) in [5, 5.41) is 4.36. The highest BCUT2D eigenvalue weighted by molar-refractivity contribution is 6.32. The molecular formula is C12H13ClN2O2. The molecule has 0 atom stereocenters. The highest BCUT2D eigenvalue weighted by atomic mass is 35.5. The second kappa shape index (κ2) is 4.67. The Hall–Kier alpha value is -1.68. The molecule has 1 aromatic carbocycles. The van der Waals surface area contributed by atoms with Crippen molar-refractivity contribution in [2.24, 2.45) is 0 Å². The number of nitrogens with two attached hydrogens (primary N) is 1. The molecule has 0 spiro atoms. The summed E-state index contributed by atoms with van der Waals surface area (Å²) in [4.78, 5) is 0. The molecule has 2 N–H and O–H groups in total. The van der Waals surface area contributed by atoms with Gasteiger partial charge in [-0.1, -0.05) is 16.8 Å². The van der Waals surface area contributed by atoms with Crippen LogP contribution in [0.2, 0.25) is 5.02 Å². The van der Waals surface area contributed by atoms with E-state index in [1.165, 1.54) is 0 Å². The highest BCUT2D eigenvalue weighted by Gasteiger charge is 2.09. The van der Waals surface area contributed by atoms with Crippen LogP contribution < -0.4 is 10.5 Å². The van der Waals surface area contributed by atoms with Gasteiger partial charge in [0.15, 0.2) is 0 Å². The summed E-state index contributed by atoms with van der Waals surface area (Å²) in [6.45, 7) is 3.89. The van der Waals surface area contributed by atoms with E-state index in [2.05, 4.69) is 5.16 Å². The van der Waals surface area contributed by atoms with Gasteiger partial charge in [0, 0.05) is 11.6 Å². The molecule has 4 nitrogen and oxygen atoms in total. The Morgan fingerprint density at radius 3 is 2.65 bits per heavy atom. The van der Waals surface area contributed by atoms with Crippen LogP contribution in [0.15, 0.2) is 28.8 Å². The van der Waals surface area contributed by atoms with E-state index in [0.717, 1.165) is 5.56 Å². The van der Waals surface area contributed by atoms with Crippen molar-refractivity contribution in [2.75, 3.05) is 5.73 Å². The fourth-order valence-corrected chi connectivity index (χ4v) is 1.66. The molecule has 0 saturated heterocycles. The van der Waals surface area contributed by atoms with Crippen LogP contribution in [-0.2, 0) is 0 Å². The van der Waals surface area contributed by atoms with Crippen molar-refractivity contribution in [3.63, 3.8) is 0 Å². The van der Waals surface area contributed by atoms with Crippen molar-refractivity contribution >= 4 is 17.5 Å². The molecule has 0 amide bonds. The summed E-state index contributed by atoms with van der Waals surface area (Å²) >= 11 is 6.12. The third-order valence-electron chi connectivity index (χ3n) is 2.12. The first kappa shape index (κ1) is 11.8. The van der Waals surface area contributed by atoms with Crippen molar-refractivity contribution in [3.8, 4) is 17.0 Å². The molecule has 0 aliphatic heterocycles. The lowest BCUT2D eigenvalue weighted by molar-refractivity contribution is 0.242. The molecule has 17 heavy (non-hydrogen) atoms. The maximum Gasteiger partial charge on any atom is 0.222 e. The number of aromatic nitrogens is 1. The number of halogens is 1. The van der Waals surface area contributed by atoms with E-state index in [9.17, 15) is 0 Å². The summed E-state index contributed by atoms with van der Waals surface area (Å²) in [5.74, 6) is 0.931. The maximum absolute atomic E-state index is 6.12. The first-order valence-electron chi connectivity index (χ1n) is 5.25. The zero-order valence-corrected chi connectivity index (χ0v) is 10.4. The zero-order valence-electron chi connectivity index (χ0n) is 9.61. The van der Waals surface area contributed by atoms with Gasteiger partial charge in [0.05, 0.1) is 11.1 Å². The van der Waals surface area contributed by atoms with Gasteiger partial charge in [-0.2, -0.15) is 0 Å². The lowest BCUT2D eigenvalue weighted by Gasteiger charge is -2.11.